The van der Waals surface area contributed by atoms with E-state index in [-0.39, 0.29) is 0 Å². The molecule has 0 saturated carbocycles. The average Bonchev–Trinajstić information content (AvgIpc) is 2.89. The van der Waals surface area contributed by atoms with Crippen molar-refractivity contribution in [3.63, 3.8) is 0 Å². The molecule has 4 nitrogen and oxygen atoms in total. The number of benzene rings is 1. The largest absolute Gasteiger partial charge is 0.461 e. The fourth-order valence-electron chi connectivity index (χ4n) is 1.51. The van der Waals surface area contributed by atoms with E-state index in [1.165, 1.54) is 11.3 Å². The van der Waals surface area contributed by atoms with Crippen LogP contribution in [0.1, 0.15) is 17.4 Å². The zero-order valence-electron chi connectivity index (χ0n) is 10.6. The number of nitrogens with zero attached hydrogens (tertiary/aromatic N) is 1. The number of hydrogen-bond donors (Lipinski definition) is 0. The molecule has 0 aliphatic rings. The Labute approximate surface area is 117 Å². The Morgan fingerprint density at radius 1 is 1.47 bits per heavy atom. The number of carbonyl (C=O) groups excluding carboxylic acids is 1. The first-order chi connectivity index (χ1) is 9.11. The number of aromatic nitrogens is 1. The Bertz CT molecular complexity index is 622. The lowest BCUT2D eigenvalue weighted by molar-refractivity contribution is 0.0520. The summed E-state index contributed by atoms with van der Waals surface area (Å²) in [6.07, 6.45) is 1.63. The van der Waals surface area contributed by atoms with E-state index in [1.54, 1.807) is 24.6 Å². The summed E-state index contributed by atoms with van der Waals surface area (Å²) < 4.78 is 16.3. The first-order valence-corrected chi connectivity index (χ1v) is 8.12. The van der Waals surface area contributed by atoms with Gasteiger partial charge in [0.05, 0.1) is 6.61 Å². The molecule has 2 rings (SSSR count). The van der Waals surface area contributed by atoms with Crippen molar-refractivity contribution in [1.29, 1.82) is 0 Å². The SMILES string of the molecule is CCOC(=O)c1csc(-c2cccc(S(C)=O)c2)n1. The third kappa shape index (κ3) is 3.27. The summed E-state index contributed by atoms with van der Waals surface area (Å²) >= 11 is 1.37. The third-order valence-electron chi connectivity index (χ3n) is 2.40. The van der Waals surface area contributed by atoms with Gasteiger partial charge in [-0.3, -0.25) is 4.21 Å². The van der Waals surface area contributed by atoms with Gasteiger partial charge in [-0.2, -0.15) is 0 Å². The Kier molecular flexibility index (Phi) is 4.44. The molecule has 1 aromatic heterocycles. The van der Waals surface area contributed by atoms with Crippen LogP contribution in [0, 0.1) is 0 Å². The van der Waals surface area contributed by atoms with Gasteiger partial charge in [-0.05, 0) is 19.1 Å². The molecular formula is C13H13NO3S2. The smallest absolute Gasteiger partial charge is 0.357 e. The van der Waals surface area contributed by atoms with Crippen molar-refractivity contribution in [2.45, 2.75) is 11.8 Å². The normalized spacial score (nSPS) is 12.1. The quantitative estimate of drug-likeness (QED) is 0.814. The van der Waals surface area contributed by atoms with E-state index in [9.17, 15) is 9.00 Å². The van der Waals surface area contributed by atoms with E-state index in [0.29, 0.717) is 12.3 Å². The van der Waals surface area contributed by atoms with Crippen molar-refractivity contribution in [3.8, 4) is 10.6 Å². The van der Waals surface area contributed by atoms with Gasteiger partial charge in [0.1, 0.15) is 5.01 Å². The van der Waals surface area contributed by atoms with Gasteiger partial charge in [-0.25, -0.2) is 9.78 Å². The van der Waals surface area contributed by atoms with Crippen molar-refractivity contribution in [3.05, 3.63) is 35.3 Å². The average molecular weight is 295 g/mol. The van der Waals surface area contributed by atoms with Crippen LogP contribution in [-0.2, 0) is 15.5 Å². The Balaban J connectivity index is 2.30. The maximum absolute atomic E-state index is 11.5. The van der Waals surface area contributed by atoms with Crippen LogP contribution in [0.15, 0.2) is 34.5 Å². The van der Waals surface area contributed by atoms with Gasteiger partial charge in [-0.1, -0.05) is 12.1 Å². The van der Waals surface area contributed by atoms with Crippen LogP contribution in [0.3, 0.4) is 0 Å². The van der Waals surface area contributed by atoms with E-state index in [4.69, 9.17) is 4.74 Å². The highest BCUT2D eigenvalue weighted by atomic mass is 32.2. The van der Waals surface area contributed by atoms with Gasteiger partial charge in [0.15, 0.2) is 5.69 Å². The number of hydrogen-bond acceptors (Lipinski definition) is 5. The molecule has 0 aliphatic carbocycles. The van der Waals surface area contributed by atoms with Crippen LogP contribution in [0.25, 0.3) is 10.6 Å². The number of carbonyl (C=O) groups is 1. The fourth-order valence-corrected chi connectivity index (χ4v) is 2.86. The summed E-state index contributed by atoms with van der Waals surface area (Å²) in [5.74, 6) is -0.416. The second-order valence-corrected chi connectivity index (χ2v) is 5.98. The Morgan fingerprint density at radius 2 is 2.26 bits per heavy atom. The summed E-state index contributed by atoms with van der Waals surface area (Å²) in [6.45, 7) is 2.08. The molecule has 0 saturated heterocycles. The zero-order valence-corrected chi connectivity index (χ0v) is 12.2. The number of ether oxygens (including phenoxy) is 1. The van der Waals surface area contributed by atoms with Gasteiger partial charge in [0.2, 0.25) is 0 Å². The van der Waals surface area contributed by atoms with Crippen LogP contribution in [-0.4, -0.2) is 28.0 Å². The molecular weight excluding hydrogens is 282 g/mol. The first kappa shape index (κ1) is 13.9. The van der Waals surface area contributed by atoms with Crippen molar-refractivity contribution < 1.29 is 13.7 Å². The standard InChI is InChI=1S/C13H13NO3S2/c1-3-17-13(15)11-8-18-12(14-11)9-5-4-6-10(7-9)19(2)16/h4-8H,3H2,1-2H3. The van der Waals surface area contributed by atoms with Crippen LogP contribution >= 0.6 is 11.3 Å². The van der Waals surface area contributed by atoms with Crippen molar-refractivity contribution in [1.82, 2.24) is 4.98 Å². The summed E-state index contributed by atoms with van der Waals surface area (Å²) in [4.78, 5) is 16.5. The summed E-state index contributed by atoms with van der Waals surface area (Å²) in [5.41, 5.74) is 1.16. The van der Waals surface area contributed by atoms with Crippen molar-refractivity contribution in [2.75, 3.05) is 12.9 Å². The van der Waals surface area contributed by atoms with Crippen LogP contribution in [0.5, 0.6) is 0 Å². The number of thiazole rings is 1. The topological polar surface area (TPSA) is 56.3 Å². The number of rotatable bonds is 4. The van der Waals surface area contributed by atoms with E-state index in [1.807, 2.05) is 18.2 Å². The molecule has 100 valence electrons. The zero-order chi connectivity index (χ0) is 13.8. The van der Waals surface area contributed by atoms with Gasteiger partial charge in [-0.15, -0.1) is 11.3 Å². The molecule has 2 aromatic rings. The van der Waals surface area contributed by atoms with Crippen LogP contribution < -0.4 is 0 Å². The molecule has 0 amide bonds. The molecule has 0 N–H and O–H groups in total. The van der Waals surface area contributed by atoms with Crippen LogP contribution in [0.4, 0.5) is 0 Å². The predicted octanol–water partition coefficient (Wildman–Crippen LogP) is 2.72. The summed E-state index contributed by atoms with van der Waals surface area (Å²) in [6, 6.07) is 7.34. The first-order valence-electron chi connectivity index (χ1n) is 5.68. The Hall–Kier alpha value is -1.53. The molecule has 6 heteroatoms. The van der Waals surface area contributed by atoms with E-state index in [2.05, 4.69) is 4.98 Å². The molecule has 0 spiro atoms. The molecule has 1 atom stereocenters. The van der Waals surface area contributed by atoms with Gasteiger partial charge >= 0.3 is 5.97 Å². The van der Waals surface area contributed by atoms with Gasteiger partial charge in [0, 0.05) is 32.9 Å². The molecule has 1 unspecified atom stereocenters. The van der Waals surface area contributed by atoms with Crippen LogP contribution in [0.2, 0.25) is 0 Å². The summed E-state index contributed by atoms with van der Waals surface area (Å²) in [5, 5.41) is 2.39. The molecule has 0 radical (unpaired) electrons. The fraction of sp³-hybridized carbons (Fsp3) is 0.231. The van der Waals surface area contributed by atoms with E-state index in [0.717, 1.165) is 15.5 Å². The monoisotopic (exact) mass is 295 g/mol. The maximum Gasteiger partial charge on any atom is 0.357 e. The highest BCUT2D eigenvalue weighted by Crippen LogP contribution is 2.25. The van der Waals surface area contributed by atoms with Crippen molar-refractivity contribution >= 4 is 28.1 Å². The minimum atomic E-state index is -1.03. The lowest BCUT2D eigenvalue weighted by Crippen LogP contribution is -2.04. The highest BCUT2D eigenvalue weighted by molar-refractivity contribution is 7.84. The van der Waals surface area contributed by atoms with E-state index >= 15 is 0 Å². The minimum absolute atomic E-state index is 0.310. The molecule has 1 aromatic carbocycles. The lowest BCUT2D eigenvalue weighted by atomic mass is 10.2. The molecule has 0 bridgehead atoms. The second kappa shape index (κ2) is 6.08. The molecule has 0 fully saturated rings. The third-order valence-corrected chi connectivity index (χ3v) is 4.21. The second-order valence-electron chi connectivity index (χ2n) is 3.74. The summed E-state index contributed by atoms with van der Waals surface area (Å²) in [7, 11) is -1.03. The molecule has 1 heterocycles. The maximum atomic E-state index is 11.5. The van der Waals surface area contributed by atoms with Gasteiger partial charge in [0.25, 0.3) is 0 Å². The minimum Gasteiger partial charge on any atom is -0.461 e. The molecule has 0 aliphatic heterocycles. The van der Waals surface area contributed by atoms with Gasteiger partial charge < -0.3 is 4.74 Å². The lowest BCUT2D eigenvalue weighted by Gasteiger charge is -2.00. The number of esters is 1. The Morgan fingerprint density at radius 3 is 2.95 bits per heavy atom. The predicted molar refractivity (Wildman–Crippen MR) is 75.8 cm³/mol. The van der Waals surface area contributed by atoms with Crippen molar-refractivity contribution in [2.24, 2.45) is 0 Å². The van der Waals surface area contributed by atoms with E-state index < -0.39 is 16.8 Å². The highest BCUT2D eigenvalue weighted by Gasteiger charge is 2.13. The molecule has 19 heavy (non-hydrogen) atoms.